The minimum atomic E-state index is -0.167. The number of hydrogen-bond donors (Lipinski definition) is 1. The molecule has 33 heavy (non-hydrogen) atoms. The summed E-state index contributed by atoms with van der Waals surface area (Å²) in [5.41, 5.74) is 1.82. The highest BCUT2D eigenvalue weighted by Gasteiger charge is 2.22. The lowest BCUT2D eigenvalue weighted by molar-refractivity contribution is -0.116. The number of anilines is 1. The number of aromatic nitrogens is 1. The normalized spacial score (nSPS) is 18.4. The molecule has 0 saturated carbocycles. The number of ether oxygens (including phenoxy) is 3. The Bertz CT molecular complexity index is 920. The van der Waals surface area contributed by atoms with Gasteiger partial charge in [-0.2, -0.15) is 0 Å². The maximum absolute atomic E-state index is 12.3. The van der Waals surface area contributed by atoms with Crippen molar-refractivity contribution in [1.82, 2.24) is 10.3 Å². The van der Waals surface area contributed by atoms with Gasteiger partial charge >= 0.3 is 0 Å². The summed E-state index contributed by atoms with van der Waals surface area (Å²) in [4.78, 5) is 19.1. The molecular formula is C26H35N3O4. The van der Waals surface area contributed by atoms with Crippen LogP contribution >= 0.6 is 0 Å². The molecule has 7 heteroatoms. The van der Waals surface area contributed by atoms with Gasteiger partial charge in [0.25, 0.3) is 0 Å². The van der Waals surface area contributed by atoms with Gasteiger partial charge < -0.3 is 24.4 Å². The number of nitrogens with zero attached hydrogens (tertiary/aromatic N) is 2. The van der Waals surface area contributed by atoms with Crippen molar-refractivity contribution in [3.8, 4) is 11.5 Å². The van der Waals surface area contributed by atoms with Crippen molar-refractivity contribution in [1.29, 1.82) is 0 Å². The molecule has 0 bridgehead atoms. The molecule has 1 fully saturated rings. The minimum absolute atomic E-state index is 0.167. The van der Waals surface area contributed by atoms with E-state index in [9.17, 15) is 4.79 Å². The number of nitrogens with one attached hydrogen (secondary N) is 1. The van der Waals surface area contributed by atoms with Crippen LogP contribution in [-0.2, 0) is 16.1 Å². The zero-order valence-electron chi connectivity index (χ0n) is 20.0. The molecule has 0 aliphatic carbocycles. The molecule has 1 aliphatic rings. The molecule has 0 spiro atoms. The van der Waals surface area contributed by atoms with Gasteiger partial charge in [-0.15, -0.1) is 0 Å². The first kappa shape index (κ1) is 24.6. The van der Waals surface area contributed by atoms with E-state index in [4.69, 9.17) is 14.2 Å². The Morgan fingerprint density at radius 2 is 1.94 bits per heavy atom. The zero-order valence-corrected chi connectivity index (χ0v) is 20.0. The zero-order chi connectivity index (χ0) is 23.6. The lowest BCUT2D eigenvalue weighted by Crippen LogP contribution is -2.45. The van der Waals surface area contributed by atoms with Crippen LogP contribution in [0.3, 0.4) is 0 Å². The van der Waals surface area contributed by atoms with Crippen LogP contribution < -0.4 is 19.7 Å². The number of pyridine rings is 1. The number of carbonyl (C=O) groups excluding carboxylic acids is 1. The van der Waals surface area contributed by atoms with Crippen LogP contribution in [0.15, 0.2) is 42.6 Å². The van der Waals surface area contributed by atoms with Crippen LogP contribution in [0.5, 0.6) is 11.5 Å². The van der Waals surface area contributed by atoms with Gasteiger partial charge in [0.2, 0.25) is 5.91 Å². The summed E-state index contributed by atoms with van der Waals surface area (Å²) in [5, 5.41) is 2.91. The molecule has 2 heterocycles. The second kappa shape index (κ2) is 12.3. The number of benzene rings is 1. The third kappa shape index (κ3) is 7.49. The predicted octanol–water partition coefficient (Wildman–Crippen LogP) is 4.21. The van der Waals surface area contributed by atoms with Crippen LogP contribution in [-0.4, -0.2) is 49.4 Å². The maximum Gasteiger partial charge on any atom is 0.244 e. The van der Waals surface area contributed by atoms with E-state index in [0.29, 0.717) is 25.5 Å². The van der Waals surface area contributed by atoms with E-state index >= 15 is 0 Å². The standard InChI is InChI=1S/C26H35N3O4/c1-5-13-32-23-10-7-21(14-24(23)31-6-2)9-12-26(30)28-16-22-8-11-25(27-15-22)29-17-19(3)33-20(4)18-29/h7-12,14-15,19-20H,5-6,13,16-18H2,1-4H3,(H,28,30). The average Bonchev–Trinajstić information content (AvgIpc) is 2.80. The fourth-order valence-electron chi connectivity index (χ4n) is 3.72. The lowest BCUT2D eigenvalue weighted by Gasteiger charge is -2.36. The van der Waals surface area contributed by atoms with E-state index in [0.717, 1.165) is 42.2 Å². The fraction of sp³-hybridized carbons (Fsp3) is 0.462. The Morgan fingerprint density at radius 3 is 2.61 bits per heavy atom. The molecular weight excluding hydrogens is 418 g/mol. The smallest absolute Gasteiger partial charge is 0.244 e. The van der Waals surface area contributed by atoms with E-state index < -0.39 is 0 Å². The number of carbonyl (C=O) groups is 1. The molecule has 3 rings (SSSR count). The molecule has 2 atom stereocenters. The molecule has 1 aromatic heterocycles. The maximum atomic E-state index is 12.3. The van der Waals surface area contributed by atoms with Gasteiger partial charge in [-0.3, -0.25) is 4.79 Å². The van der Waals surface area contributed by atoms with Crippen molar-refractivity contribution in [2.75, 3.05) is 31.2 Å². The first-order valence-corrected chi connectivity index (χ1v) is 11.7. The topological polar surface area (TPSA) is 72.9 Å². The van der Waals surface area contributed by atoms with Gasteiger partial charge in [0.1, 0.15) is 5.82 Å². The van der Waals surface area contributed by atoms with E-state index in [-0.39, 0.29) is 18.1 Å². The first-order valence-electron chi connectivity index (χ1n) is 11.7. The van der Waals surface area contributed by atoms with Gasteiger partial charge in [0.15, 0.2) is 11.5 Å². The van der Waals surface area contributed by atoms with Crippen LogP contribution in [0, 0.1) is 0 Å². The largest absolute Gasteiger partial charge is 0.490 e. The van der Waals surface area contributed by atoms with Crippen molar-refractivity contribution < 1.29 is 19.0 Å². The number of hydrogen-bond acceptors (Lipinski definition) is 6. The molecule has 2 aromatic rings. The predicted molar refractivity (Wildman–Crippen MR) is 131 cm³/mol. The quantitative estimate of drug-likeness (QED) is 0.543. The molecule has 1 amide bonds. The van der Waals surface area contributed by atoms with Gasteiger partial charge in [-0.1, -0.05) is 19.1 Å². The fourth-order valence-corrected chi connectivity index (χ4v) is 3.72. The number of rotatable bonds is 10. The molecule has 178 valence electrons. The highest BCUT2D eigenvalue weighted by atomic mass is 16.5. The summed E-state index contributed by atoms with van der Waals surface area (Å²) >= 11 is 0. The van der Waals surface area contributed by atoms with Gasteiger partial charge in [0, 0.05) is 31.9 Å². The Labute approximate surface area is 196 Å². The summed E-state index contributed by atoms with van der Waals surface area (Å²) in [6.07, 6.45) is 6.40. The molecule has 2 unspecified atom stereocenters. The van der Waals surface area contributed by atoms with Crippen molar-refractivity contribution >= 4 is 17.8 Å². The van der Waals surface area contributed by atoms with Gasteiger partial charge in [-0.05, 0) is 62.6 Å². The van der Waals surface area contributed by atoms with Crippen molar-refractivity contribution in [3.63, 3.8) is 0 Å². The molecule has 1 aromatic carbocycles. The summed E-state index contributed by atoms with van der Waals surface area (Å²) < 4.78 is 17.2. The molecule has 1 aliphatic heterocycles. The third-order valence-electron chi connectivity index (χ3n) is 5.18. The first-order chi connectivity index (χ1) is 16.0. The van der Waals surface area contributed by atoms with E-state index in [1.165, 1.54) is 6.08 Å². The third-order valence-corrected chi connectivity index (χ3v) is 5.18. The summed E-state index contributed by atoms with van der Waals surface area (Å²) in [5.74, 6) is 2.17. The SMILES string of the molecule is CCCOc1ccc(C=CC(=O)NCc2ccc(N3CC(C)OC(C)C3)nc2)cc1OCC. The van der Waals surface area contributed by atoms with Crippen molar-refractivity contribution in [3.05, 3.63) is 53.7 Å². The van der Waals surface area contributed by atoms with Crippen molar-refractivity contribution in [2.24, 2.45) is 0 Å². The monoisotopic (exact) mass is 453 g/mol. The summed E-state index contributed by atoms with van der Waals surface area (Å²) in [6.45, 7) is 11.4. The van der Waals surface area contributed by atoms with E-state index in [2.05, 4.69) is 36.0 Å². The Hall–Kier alpha value is -3.06. The van der Waals surface area contributed by atoms with Crippen LogP contribution in [0.1, 0.15) is 45.2 Å². The highest BCUT2D eigenvalue weighted by molar-refractivity contribution is 5.91. The van der Waals surface area contributed by atoms with Gasteiger partial charge in [0.05, 0.1) is 25.4 Å². The molecule has 7 nitrogen and oxygen atoms in total. The second-order valence-electron chi connectivity index (χ2n) is 8.23. The van der Waals surface area contributed by atoms with Gasteiger partial charge in [-0.25, -0.2) is 4.98 Å². The number of amides is 1. The second-order valence-corrected chi connectivity index (χ2v) is 8.23. The van der Waals surface area contributed by atoms with Crippen molar-refractivity contribution in [2.45, 2.75) is 52.9 Å². The molecule has 0 radical (unpaired) electrons. The Balaban J connectivity index is 1.53. The van der Waals surface area contributed by atoms with E-state index in [1.807, 2.05) is 43.5 Å². The molecule has 1 saturated heterocycles. The summed E-state index contributed by atoms with van der Waals surface area (Å²) in [6, 6.07) is 9.67. The van der Waals surface area contributed by atoms with E-state index in [1.54, 1.807) is 6.08 Å². The molecule has 1 N–H and O–H groups in total. The summed E-state index contributed by atoms with van der Waals surface area (Å²) in [7, 11) is 0. The Kier molecular flexibility index (Phi) is 9.13. The Morgan fingerprint density at radius 1 is 1.15 bits per heavy atom. The minimum Gasteiger partial charge on any atom is -0.490 e. The lowest BCUT2D eigenvalue weighted by atomic mass is 10.2. The van der Waals surface area contributed by atoms with Crippen LogP contribution in [0.25, 0.3) is 6.08 Å². The average molecular weight is 454 g/mol. The van der Waals surface area contributed by atoms with Crippen LogP contribution in [0.4, 0.5) is 5.82 Å². The number of morpholine rings is 1. The van der Waals surface area contributed by atoms with Crippen LogP contribution in [0.2, 0.25) is 0 Å². The highest BCUT2D eigenvalue weighted by Crippen LogP contribution is 2.29.